The molecule has 2 fully saturated rings. The third kappa shape index (κ3) is 3.65. The lowest BCUT2D eigenvalue weighted by Gasteiger charge is -2.22. The number of hydrogen-bond acceptors (Lipinski definition) is 3. The van der Waals surface area contributed by atoms with Crippen molar-refractivity contribution in [3.05, 3.63) is 71.4 Å². The minimum Gasteiger partial charge on any atom is -0.490 e. The maximum atomic E-state index is 12.6. The lowest BCUT2D eigenvalue weighted by Crippen LogP contribution is -2.37. The smallest absolute Gasteiger partial charge is 0.251 e. The summed E-state index contributed by atoms with van der Waals surface area (Å²) >= 11 is 5.93. The largest absolute Gasteiger partial charge is 0.490 e. The SMILES string of the molecule is CC[C@H](NC(=O)c1ccc(Cl)cc1)C1[C@H]2CC(Oc3ccnc4ccccc34)C[C@H]12. The highest BCUT2D eigenvalue weighted by atomic mass is 35.5. The van der Waals surface area contributed by atoms with Crippen LogP contribution in [-0.4, -0.2) is 23.0 Å². The number of nitrogens with one attached hydrogen (secondary N) is 1. The zero-order chi connectivity index (χ0) is 20.7. The van der Waals surface area contributed by atoms with Crippen LogP contribution in [0.1, 0.15) is 36.5 Å². The van der Waals surface area contributed by atoms with Crippen LogP contribution in [0.15, 0.2) is 60.8 Å². The van der Waals surface area contributed by atoms with E-state index in [0.29, 0.717) is 28.3 Å². The van der Waals surface area contributed by atoms with Gasteiger partial charge in [0.05, 0.1) is 11.6 Å². The molecule has 2 saturated carbocycles. The molecule has 2 aliphatic carbocycles. The Labute approximate surface area is 181 Å². The number of fused-ring (bicyclic) bond motifs is 2. The third-order valence-corrected chi connectivity index (χ3v) is 6.95. The quantitative estimate of drug-likeness (QED) is 0.572. The summed E-state index contributed by atoms with van der Waals surface area (Å²) in [5.41, 5.74) is 1.63. The molecule has 1 aromatic heterocycles. The van der Waals surface area contributed by atoms with Crippen LogP contribution in [0.4, 0.5) is 0 Å². The summed E-state index contributed by atoms with van der Waals surface area (Å²) < 4.78 is 6.37. The minimum atomic E-state index is -0.0143. The average Bonchev–Trinajstić information content (AvgIpc) is 3.26. The Bertz CT molecular complexity index is 1050. The maximum Gasteiger partial charge on any atom is 0.251 e. The Balaban J connectivity index is 1.20. The molecular weight excluding hydrogens is 396 g/mol. The second-order valence-corrected chi connectivity index (χ2v) is 8.87. The van der Waals surface area contributed by atoms with E-state index < -0.39 is 0 Å². The van der Waals surface area contributed by atoms with Crippen molar-refractivity contribution in [1.29, 1.82) is 0 Å². The number of pyridine rings is 1. The molecule has 3 aromatic rings. The number of halogens is 1. The van der Waals surface area contributed by atoms with Crippen molar-refractivity contribution in [2.24, 2.45) is 17.8 Å². The predicted molar refractivity (Wildman–Crippen MR) is 119 cm³/mol. The van der Waals surface area contributed by atoms with Gasteiger partial charge < -0.3 is 10.1 Å². The van der Waals surface area contributed by atoms with E-state index in [4.69, 9.17) is 16.3 Å². The first-order chi connectivity index (χ1) is 14.6. The molecule has 0 bridgehead atoms. The first-order valence-corrected chi connectivity index (χ1v) is 11.1. The highest BCUT2D eigenvalue weighted by Crippen LogP contribution is 2.60. The van der Waals surface area contributed by atoms with Gasteiger partial charge in [-0.05, 0) is 79.5 Å². The van der Waals surface area contributed by atoms with Gasteiger partial charge in [-0.1, -0.05) is 30.7 Å². The normalized spacial score (nSPS) is 23.7. The lowest BCUT2D eigenvalue weighted by atomic mass is 10.00. The summed E-state index contributed by atoms with van der Waals surface area (Å²) in [5, 5.41) is 4.96. The lowest BCUT2D eigenvalue weighted by molar-refractivity contribution is 0.0924. The van der Waals surface area contributed by atoms with Crippen LogP contribution >= 0.6 is 11.6 Å². The molecule has 30 heavy (non-hydrogen) atoms. The fourth-order valence-electron chi connectivity index (χ4n) is 5.21. The summed E-state index contributed by atoms with van der Waals surface area (Å²) in [7, 11) is 0. The molecule has 154 valence electrons. The highest BCUT2D eigenvalue weighted by molar-refractivity contribution is 6.30. The van der Waals surface area contributed by atoms with E-state index in [1.165, 1.54) is 0 Å². The predicted octanol–water partition coefficient (Wildman–Crippen LogP) is 5.50. The molecule has 4 nitrogen and oxygen atoms in total. The monoisotopic (exact) mass is 420 g/mol. The van der Waals surface area contributed by atoms with Crippen molar-refractivity contribution in [3.8, 4) is 5.75 Å². The zero-order valence-corrected chi connectivity index (χ0v) is 17.7. The van der Waals surface area contributed by atoms with Crippen LogP contribution < -0.4 is 10.1 Å². The number of hydrogen-bond donors (Lipinski definition) is 1. The van der Waals surface area contributed by atoms with Crippen molar-refractivity contribution in [3.63, 3.8) is 0 Å². The molecule has 0 unspecified atom stereocenters. The highest BCUT2D eigenvalue weighted by Gasteiger charge is 2.59. The summed E-state index contributed by atoms with van der Waals surface area (Å²) in [5.74, 6) is 2.74. The Morgan fingerprint density at radius 1 is 1.13 bits per heavy atom. The number of benzene rings is 2. The van der Waals surface area contributed by atoms with Gasteiger partial charge in [-0.2, -0.15) is 0 Å². The van der Waals surface area contributed by atoms with E-state index in [-0.39, 0.29) is 18.1 Å². The molecule has 0 spiro atoms. The molecule has 3 atom stereocenters. The van der Waals surface area contributed by atoms with Gasteiger partial charge in [0.15, 0.2) is 0 Å². The third-order valence-electron chi connectivity index (χ3n) is 6.70. The number of para-hydroxylation sites is 1. The zero-order valence-electron chi connectivity index (χ0n) is 16.9. The van der Waals surface area contributed by atoms with Gasteiger partial charge in [-0.3, -0.25) is 9.78 Å². The van der Waals surface area contributed by atoms with Crippen LogP contribution in [0.5, 0.6) is 5.75 Å². The van der Waals surface area contributed by atoms with Crippen LogP contribution in [0.2, 0.25) is 5.02 Å². The Morgan fingerprint density at radius 2 is 1.87 bits per heavy atom. The number of aromatic nitrogens is 1. The Morgan fingerprint density at radius 3 is 2.60 bits per heavy atom. The summed E-state index contributed by atoms with van der Waals surface area (Å²) in [6.07, 6.45) is 5.11. The van der Waals surface area contributed by atoms with E-state index in [1.54, 1.807) is 24.3 Å². The van der Waals surface area contributed by atoms with Gasteiger partial charge in [0.25, 0.3) is 5.91 Å². The van der Waals surface area contributed by atoms with E-state index >= 15 is 0 Å². The number of amides is 1. The summed E-state index contributed by atoms with van der Waals surface area (Å²) in [4.78, 5) is 17.0. The van der Waals surface area contributed by atoms with Gasteiger partial charge in [-0.25, -0.2) is 0 Å². The molecule has 1 amide bonds. The number of rotatable bonds is 6. The second kappa shape index (κ2) is 7.92. The van der Waals surface area contributed by atoms with Crippen molar-refractivity contribution in [2.75, 3.05) is 0 Å². The summed E-state index contributed by atoms with van der Waals surface area (Å²) in [6.45, 7) is 2.15. The van der Waals surface area contributed by atoms with Crippen molar-refractivity contribution in [2.45, 2.75) is 38.3 Å². The van der Waals surface area contributed by atoms with E-state index in [0.717, 1.165) is 35.9 Å². The van der Waals surface area contributed by atoms with Gasteiger partial charge in [0.2, 0.25) is 0 Å². The van der Waals surface area contributed by atoms with E-state index in [9.17, 15) is 4.79 Å². The van der Waals surface area contributed by atoms with Gasteiger partial charge in [-0.15, -0.1) is 0 Å². The molecule has 1 N–H and O–H groups in total. The average molecular weight is 421 g/mol. The number of nitrogens with zero attached hydrogens (tertiary/aromatic N) is 1. The van der Waals surface area contributed by atoms with Crippen molar-refractivity contribution < 1.29 is 9.53 Å². The molecule has 5 rings (SSSR count). The van der Waals surface area contributed by atoms with Crippen molar-refractivity contribution >= 4 is 28.4 Å². The maximum absolute atomic E-state index is 12.6. The van der Waals surface area contributed by atoms with E-state index in [1.807, 2.05) is 30.5 Å². The Hall–Kier alpha value is -2.59. The topological polar surface area (TPSA) is 51.2 Å². The van der Waals surface area contributed by atoms with Gasteiger partial charge >= 0.3 is 0 Å². The van der Waals surface area contributed by atoms with Gasteiger partial charge in [0, 0.05) is 28.2 Å². The Kier molecular flexibility index (Phi) is 5.11. The molecule has 2 aromatic carbocycles. The number of carbonyl (C=O) groups excluding carboxylic acids is 1. The molecule has 5 heteroatoms. The molecule has 2 aliphatic rings. The fourth-order valence-corrected chi connectivity index (χ4v) is 5.34. The molecule has 0 aliphatic heterocycles. The standard InChI is InChI=1S/C25H25ClN2O2/c1-2-21(28-25(29)15-7-9-16(26)10-8-15)24-19-13-17(14-20(19)24)30-23-11-12-27-22-6-4-3-5-18(22)23/h3-12,17,19-21,24H,2,13-14H2,1H3,(H,28,29)/t17?,19-,20-,21-,24?/m0/s1. The first-order valence-electron chi connectivity index (χ1n) is 10.7. The van der Waals surface area contributed by atoms with Crippen LogP contribution in [-0.2, 0) is 0 Å². The van der Waals surface area contributed by atoms with E-state index in [2.05, 4.69) is 23.3 Å². The summed E-state index contributed by atoms with van der Waals surface area (Å²) in [6, 6.07) is 17.3. The van der Waals surface area contributed by atoms with Crippen LogP contribution in [0.3, 0.4) is 0 Å². The molecule has 0 radical (unpaired) electrons. The first kappa shape index (κ1) is 19.4. The minimum absolute atomic E-state index is 0.0143. The number of ether oxygens (including phenoxy) is 1. The van der Waals surface area contributed by atoms with Crippen LogP contribution in [0.25, 0.3) is 10.9 Å². The molecule has 0 saturated heterocycles. The van der Waals surface area contributed by atoms with Crippen LogP contribution in [0, 0.1) is 17.8 Å². The van der Waals surface area contributed by atoms with Crippen molar-refractivity contribution in [1.82, 2.24) is 10.3 Å². The molecule has 1 heterocycles. The second-order valence-electron chi connectivity index (χ2n) is 8.44. The molecular formula is C25H25ClN2O2. The number of carbonyl (C=O) groups is 1. The van der Waals surface area contributed by atoms with Gasteiger partial charge in [0.1, 0.15) is 5.75 Å². The fraction of sp³-hybridized carbons (Fsp3) is 0.360.